The summed E-state index contributed by atoms with van der Waals surface area (Å²) in [6, 6.07) is 4.26. The number of rotatable bonds is 10. The number of aliphatic imine (C=N–C) groups is 2. The Morgan fingerprint density at radius 1 is 1.32 bits per heavy atom. The summed E-state index contributed by atoms with van der Waals surface area (Å²) < 4.78 is 13.2. The third-order valence-electron chi connectivity index (χ3n) is 4.59. The minimum atomic E-state index is -1.27. The number of hydrazine groups is 1. The number of benzene rings is 1. The zero-order chi connectivity index (χ0) is 28.4. The first-order chi connectivity index (χ1) is 17.6. The zero-order valence-corrected chi connectivity index (χ0v) is 22.0. The second-order valence-corrected chi connectivity index (χ2v) is 7.72. The van der Waals surface area contributed by atoms with E-state index in [1.165, 1.54) is 24.8 Å². The maximum atomic E-state index is 13.2. The van der Waals surface area contributed by atoms with Gasteiger partial charge in [-0.25, -0.2) is 14.4 Å². The van der Waals surface area contributed by atoms with E-state index in [0.29, 0.717) is 29.1 Å². The summed E-state index contributed by atoms with van der Waals surface area (Å²) in [7, 11) is 0. The molecule has 0 aliphatic carbocycles. The number of amides is 1. The molecule has 200 valence electrons. The molecule has 0 spiro atoms. The maximum absolute atomic E-state index is 13.2. The second-order valence-electron chi connectivity index (χ2n) is 7.32. The van der Waals surface area contributed by atoms with Gasteiger partial charge in [0.1, 0.15) is 24.2 Å². The van der Waals surface area contributed by atoms with E-state index in [-0.39, 0.29) is 23.3 Å². The summed E-state index contributed by atoms with van der Waals surface area (Å²) in [5.41, 5.74) is 8.04. The first-order valence-corrected chi connectivity index (χ1v) is 11.3. The number of carbonyl (C=O) groups excluding carboxylic acids is 1. The van der Waals surface area contributed by atoms with Gasteiger partial charge in [-0.3, -0.25) is 25.6 Å². The fourth-order valence-electron chi connectivity index (χ4n) is 2.27. The molecule has 0 bridgehead atoms. The highest BCUT2D eigenvalue weighted by atomic mass is 35.5. The van der Waals surface area contributed by atoms with E-state index in [2.05, 4.69) is 55.7 Å². The number of allylic oxidation sites excluding steroid dienone is 1. The molecule has 0 saturated heterocycles. The average molecular weight is 534 g/mol. The van der Waals surface area contributed by atoms with Crippen LogP contribution in [-0.4, -0.2) is 58.0 Å². The first kappa shape index (κ1) is 33.1. The molecule has 1 aromatic carbocycles. The van der Waals surface area contributed by atoms with Crippen molar-refractivity contribution in [2.75, 3.05) is 12.0 Å². The Balaban J connectivity index is 0.00000124. The van der Waals surface area contributed by atoms with Crippen LogP contribution in [0.2, 0.25) is 5.02 Å². The van der Waals surface area contributed by atoms with Crippen LogP contribution in [0, 0.1) is 25.6 Å². The molecule has 1 unspecified atom stereocenters. The lowest BCUT2D eigenvalue weighted by molar-refractivity contribution is -0.00774. The standard InChI is InChI=1S/C18H21ClFN7O.C5H10O2.C2H2/c1-11(21-3)7-22-9-26-27-16-12(2)24-10-25-17(16)18(28)23-8-13-4-5-15(20)14(19)6-13;1-3-4(2)5(6)7;1-2/h4-6,9-11,27H,3,7-8H2,1-2H3,(H,22,26)(H,23,28);3,5-7H,1-2H3;1-2H/b;4-3+;. The number of aryl methyl sites for hydroxylation is 1. The highest BCUT2D eigenvalue weighted by molar-refractivity contribution is 6.30. The monoisotopic (exact) mass is 533 g/mol. The summed E-state index contributed by atoms with van der Waals surface area (Å²) in [5, 5.41) is 19.3. The van der Waals surface area contributed by atoms with Crippen LogP contribution in [0.3, 0.4) is 0 Å². The lowest BCUT2D eigenvalue weighted by Crippen LogP contribution is -2.28. The predicted molar refractivity (Wildman–Crippen MR) is 146 cm³/mol. The number of hydrogen-bond acceptors (Lipinski definition) is 8. The predicted octanol–water partition coefficient (Wildman–Crippen LogP) is 3.05. The molecular weight excluding hydrogens is 501 g/mol. The van der Waals surface area contributed by atoms with Crippen LogP contribution in [0.5, 0.6) is 0 Å². The summed E-state index contributed by atoms with van der Waals surface area (Å²) in [6.45, 7) is 11.2. The molecule has 1 heterocycles. The molecule has 37 heavy (non-hydrogen) atoms. The fraction of sp³-hybridized carbons (Fsp3) is 0.320. The molecule has 10 nitrogen and oxygen atoms in total. The van der Waals surface area contributed by atoms with E-state index in [9.17, 15) is 9.18 Å². The minimum absolute atomic E-state index is 0.00329. The van der Waals surface area contributed by atoms with Crippen molar-refractivity contribution >= 4 is 36.3 Å². The second kappa shape index (κ2) is 18.4. The Labute approximate surface area is 221 Å². The molecule has 1 aromatic heterocycles. The normalized spacial score (nSPS) is 11.5. The van der Waals surface area contributed by atoms with E-state index in [4.69, 9.17) is 21.8 Å². The van der Waals surface area contributed by atoms with Crippen LogP contribution in [0.4, 0.5) is 10.1 Å². The van der Waals surface area contributed by atoms with Crippen molar-refractivity contribution in [2.24, 2.45) is 9.98 Å². The molecule has 0 fully saturated rings. The van der Waals surface area contributed by atoms with Gasteiger partial charge in [-0.2, -0.15) is 0 Å². The van der Waals surface area contributed by atoms with Gasteiger partial charge in [0.05, 0.1) is 23.3 Å². The largest absolute Gasteiger partial charge is 0.365 e. The quantitative estimate of drug-likeness (QED) is 0.0788. The number of aliphatic hydroxyl groups excluding tert-OH is 1. The van der Waals surface area contributed by atoms with Crippen molar-refractivity contribution in [3.8, 4) is 12.8 Å². The van der Waals surface area contributed by atoms with Crippen molar-refractivity contribution in [2.45, 2.75) is 46.6 Å². The number of carbonyl (C=O) groups is 1. The number of hydrogen-bond donors (Lipinski definition) is 5. The smallest absolute Gasteiger partial charge is 0.272 e. The van der Waals surface area contributed by atoms with Gasteiger partial charge in [0.2, 0.25) is 0 Å². The van der Waals surface area contributed by atoms with Gasteiger partial charge in [-0.05, 0) is 57.7 Å². The Bertz CT molecular complexity index is 1090. The van der Waals surface area contributed by atoms with Crippen LogP contribution in [-0.2, 0) is 6.54 Å². The van der Waals surface area contributed by atoms with Crippen LogP contribution >= 0.6 is 11.6 Å². The Morgan fingerprint density at radius 2 is 2.00 bits per heavy atom. The van der Waals surface area contributed by atoms with E-state index in [0.717, 1.165) is 0 Å². The molecule has 2 aromatic rings. The maximum Gasteiger partial charge on any atom is 0.272 e. The molecule has 1 amide bonds. The number of nitrogens with zero attached hydrogens (tertiary/aromatic N) is 4. The fourth-order valence-corrected chi connectivity index (χ4v) is 2.48. The Kier molecular flexibility index (Phi) is 16.5. The average Bonchev–Trinajstić information content (AvgIpc) is 2.90. The van der Waals surface area contributed by atoms with E-state index >= 15 is 0 Å². The van der Waals surface area contributed by atoms with Gasteiger partial charge in [-0.1, -0.05) is 23.7 Å². The van der Waals surface area contributed by atoms with Crippen LogP contribution in [0.25, 0.3) is 0 Å². The van der Waals surface area contributed by atoms with E-state index in [1.54, 1.807) is 32.9 Å². The highest BCUT2D eigenvalue weighted by Crippen LogP contribution is 2.17. The third-order valence-corrected chi connectivity index (χ3v) is 4.88. The third kappa shape index (κ3) is 12.6. The van der Waals surface area contributed by atoms with Gasteiger partial charge in [0.25, 0.3) is 5.91 Å². The van der Waals surface area contributed by atoms with Gasteiger partial charge in [-0.15, -0.1) is 12.8 Å². The number of anilines is 1. The molecule has 12 heteroatoms. The van der Waals surface area contributed by atoms with Crippen molar-refractivity contribution in [3.05, 3.63) is 64.0 Å². The van der Waals surface area contributed by atoms with Crippen molar-refractivity contribution in [1.29, 1.82) is 0 Å². The van der Waals surface area contributed by atoms with Crippen molar-refractivity contribution in [3.63, 3.8) is 0 Å². The van der Waals surface area contributed by atoms with E-state index in [1.807, 2.05) is 6.92 Å². The lowest BCUT2D eigenvalue weighted by Gasteiger charge is -2.13. The molecule has 0 aliphatic heterocycles. The summed E-state index contributed by atoms with van der Waals surface area (Å²) in [5.74, 6) is -0.933. The SMILES string of the molecule is C#C.C/C=C(\C)C(O)O.C=NC(C)CN=CNNc1c(C)ncnc1C(=O)NCc1ccc(F)c(Cl)c1. The molecule has 2 rings (SSSR count). The Morgan fingerprint density at radius 3 is 2.54 bits per heavy atom. The zero-order valence-electron chi connectivity index (χ0n) is 21.2. The number of nitrogens with one attached hydrogen (secondary N) is 3. The molecule has 1 atom stereocenters. The van der Waals surface area contributed by atoms with Gasteiger partial charge in [0, 0.05) is 6.54 Å². The van der Waals surface area contributed by atoms with Gasteiger partial charge < -0.3 is 15.5 Å². The highest BCUT2D eigenvalue weighted by Gasteiger charge is 2.16. The van der Waals surface area contributed by atoms with Gasteiger partial charge >= 0.3 is 0 Å². The minimum Gasteiger partial charge on any atom is -0.365 e. The number of terminal acetylenes is 1. The van der Waals surface area contributed by atoms with Crippen LogP contribution in [0.1, 0.15) is 42.5 Å². The van der Waals surface area contributed by atoms with Crippen molar-refractivity contribution in [1.82, 2.24) is 20.7 Å². The molecule has 5 N–H and O–H groups in total. The summed E-state index contributed by atoms with van der Waals surface area (Å²) in [4.78, 5) is 28.6. The van der Waals surface area contributed by atoms with Crippen LogP contribution < -0.4 is 16.2 Å². The van der Waals surface area contributed by atoms with Crippen LogP contribution in [0.15, 0.2) is 46.2 Å². The molecule has 0 saturated carbocycles. The first-order valence-electron chi connectivity index (χ1n) is 10.9. The molecule has 0 radical (unpaired) electrons. The number of aliphatic hydroxyl groups is 2. The van der Waals surface area contributed by atoms with E-state index < -0.39 is 18.0 Å². The Hall–Kier alpha value is -3.85. The van der Waals surface area contributed by atoms with Gasteiger partial charge in [0.15, 0.2) is 12.0 Å². The summed E-state index contributed by atoms with van der Waals surface area (Å²) >= 11 is 5.76. The molecule has 0 aliphatic rings. The van der Waals surface area contributed by atoms with Crippen molar-refractivity contribution < 1.29 is 19.4 Å². The molecular formula is C25H33ClFN7O3. The summed E-state index contributed by atoms with van der Waals surface area (Å²) in [6.07, 6.45) is 11.1. The lowest BCUT2D eigenvalue weighted by atomic mass is 10.2. The number of aromatic nitrogens is 2. The number of halogens is 2. The topological polar surface area (TPSA) is 144 Å².